The highest BCUT2D eigenvalue weighted by Crippen LogP contribution is 2.24. The Morgan fingerprint density at radius 1 is 0.912 bits per heavy atom. The number of nitrogens with one attached hydrogen (secondary N) is 1. The summed E-state index contributed by atoms with van der Waals surface area (Å²) in [6.07, 6.45) is 1.65. The molecule has 0 bridgehead atoms. The third-order valence-electron chi connectivity index (χ3n) is 5.21. The molecule has 3 aromatic rings. The topological polar surface area (TPSA) is 83.4 Å². The van der Waals surface area contributed by atoms with Crippen molar-refractivity contribution in [2.24, 2.45) is 10.2 Å². The number of anilines is 1. The van der Waals surface area contributed by atoms with Crippen molar-refractivity contribution < 1.29 is 14.3 Å². The van der Waals surface area contributed by atoms with Gasteiger partial charge in [0.1, 0.15) is 5.69 Å². The first-order valence-corrected chi connectivity index (χ1v) is 11.2. The van der Waals surface area contributed by atoms with E-state index < -0.39 is 5.97 Å². The van der Waals surface area contributed by atoms with Crippen molar-refractivity contribution >= 4 is 28.9 Å². The number of azo groups is 1. The Kier molecular flexibility index (Phi) is 8.91. The molecule has 0 aromatic heterocycles. The van der Waals surface area contributed by atoms with Crippen molar-refractivity contribution in [2.75, 3.05) is 25.6 Å². The molecule has 7 heteroatoms. The van der Waals surface area contributed by atoms with E-state index in [4.69, 9.17) is 4.74 Å². The van der Waals surface area contributed by atoms with Crippen molar-refractivity contribution in [2.45, 2.75) is 25.8 Å². The molecule has 0 aliphatic heterocycles. The minimum Gasteiger partial charge on any atom is -0.452 e. The molecule has 7 nitrogen and oxygen atoms in total. The van der Waals surface area contributed by atoms with Gasteiger partial charge >= 0.3 is 5.97 Å². The predicted molar refractivity (Wildman–Crippen MR) is 134 cm³/mol. The van der Waals surface area contributed by atoms with E-state index >= 15 is 0 Å². The maximum atomic E-state index is 12.6. The number of amides is 1. The van der Waals surface area contributed by atoms with E-state index in [-0.39, 0.29) is 24.1 Å². The van der Waals surface area contributed by atoms with E-state index in [9.17, 15) is 9.59 Å². The highest BCUT2D eigenvalue weighted by atomic mass is 16.5. The fourth-order valence-electron chi connectivity index (χ4n) is 3.29. The lowest BCUT2D eigenvalue weighted by atomic mass is 10.1. The number of aryl methyl sites for hydroxylation is 1. The number of ether oxygens (including phenoxy) is 1. The van der Waals surface area contributed by atoms with Gasteiger partial charge in [-0.15, -0.1) is 5.11 Å². The second-order valence-corrected chi connectivity index (χ2v) is 8.20. The molecule has 3 aromatic carbocycles. The van der Waals surface area contributed by atoms with Gasteiger partial charge in [-0.2, -0.15) is 5.11 Å². The lowest BCUT2D eigenvalue weighted by Gasteiger charge is -2.14. The average molecular weight is 459 g/mol. The van der Waals surface area contributed by atoms with E-state index in [0.29, 0.717) is 11.4 Å². The van der Waals surface area contributed by atoms with Gasteiger partial charge < -0.3 is 15.0 Å². The molecule has 0 unspecified atom stereocenters. The maximum absolute atomic E-state index is 12.6. The summed E-state index contributed by atoms with van der Waals surface area (Å²) in [5.74, 6) is -0.960. The molecule has 176 valence electrons. The summed E-state index contributed by atoms with van der Waals surface area (Å²) in [6, 6.07) is 24.4. The number of carbonyl (C=O) groups is 2. The van der Waals surface area contributed by atoms with Crippen molar-refractivity contribution in [1.82, 2.24) is 5.32 Å². The van der Waals surface area contributed by atoms with Crippen LogP contribution in [0.4, 0.5) is 17.1 Å². The molecular weight excluding hydrogens is 428 g/mol. The van der Waals surface area contributed by atoms with Gasteiger partial charge in [-0.1, -0.05) is 42.5 Å². The minimum atomic E-state index is -0.621. The molecule has 1 N–H and O–H groups in total. The highest BCUT2D eigenvalue weighted by Gasteiger charge is 2.15. The van der Waals surface area contributed by atoms with Crippen molar-refractivity contribution in [1.29, 1.82) is 0 Å². The van der Waals surface area contributed by atoms with E-state index in [0.717, 1.165) is 18.5 Å². The lowest BCUT2D eigenvalue weighted by Crippen LogP contribution is -2.36. The van der Waals surface area contributed by atoms with Crippen LogP contribution in [0.15, 0.2) is 89.1 Å². The van der Waals surface area contributed by atoms with E-state index in [1.165, 1.54) is 5.56 Å². The smallest absolute Gasteiger partial charge is 0.340 e. The Balaban J connectivity index is 1.52. The van der Waals surface area contributed by atoms with Crippen LogP contribution in [0.25, 0.3) is 0 Å². The van der Waals surface area contributed by atoms with Gasteiger partial charge in [0.2, 0.25) is 0 Å². The van der Waals surface area contributed by atoms with Gasteiger partial charge in [0.15, 0.2) is 6.61 Å². The quantitative estimate of drug-likeness (QED) is 0.323. The number of nitrogens with zero attached hydrogens (tertiary/aromatic N) is 3. The van der Waals surface area contributed by atoms with Crippen molar-refractivity contribution in [3.05, 3.63) is 90.0 Å². The standard InChI is InChI=1S/C27H30N4O3/c1-20(13-14-21-9-5-4-6-10-21)28-26(32)19-34-27(33)24-11-7-8-12-25(24)30-29-22-15-17-23(18-16-22)31(2)3/h4-12,15-18,20H,13-14,19H2,1-3H3,(H,28,32)/t20-/m1/s1. The van der Waals surface area contributed by atoms with Crippen LogP contribution in [0.3, 0.4) is 0 Å². The van der Waals surface area contributed by atoms with Crippen LogP contribution >= 0.6 is 0 Å². The lowest BCUT2D eigenvalue weighted by molar-refractivity contribution is -0.124. The molecule has 1 amide bonds. The average Bonchev–Trinajstić information content (AvgIpc) is 2.86. The van der Waals surface area contributed by atoms with Crippen LogP contribution in [-0.2, 0) is 16.0 Å². The molecule has 0 radical (unpaired) electrons. The maximum Gasteiger partial charge on any atom is 0.340 e. The van der Waals surface area contributed by atoms with Gasteiger partial charge in [-0.25, -0.2) is 4.79 Å². The molecule has 1 atom stereocenters. The van der Waals surface area contributed by atoms with Crippen LogP contribution in [0, 0.1) is 0 Å². The molecule has 0 saturated carbocycles. The predicted octanol–water partition coefficient (Wildman–Crippen LogP) is 5.46. The third-order valence-corrected chi connectivity index (χ3v) is 5.21. The summed E-state index contributed by atoms with van der Waals surface area (Å²) in [5.41, 5.74) is 3.56. The number of hydrogen-bond acceptors (Lipinski definition) is 6. The first-order chi connectivity index (χ1) is 16.4. The Hall–Kier alpha value is -4.00. The zero-order valence-electron chi connectivity index (χ0n) is 19.8. The van der Waals surface area contributed by atoms with Gasteiger partial charge in [0.05, 0.1) is 11.3 Å². The van der Waals surface area contributed by atoms with Crippen LogP contribution in [-0.4, -0.2) is 38.6 Å². The molecular formula is C27H30N4O3. The number of rotatable bonds is 10. The Morgan fingerprint density at radius 3 is 2.29 bits per heavy atom. The zero-order valence-corrected chi connectivity index (χ0v) is 19.8. The second-order valence-electron chi connectivity index (χ2n) is 8.20. The summed E-state index contributed by atoms with van der Waals surface area (Å²) < 4.78 is 5.23. The Morgan fingerprint density at radius 2 is 1.59 bits per heavy atom. The third kappa shape index (κ3) is 7.55. The monoisotopic (exact) mass is 458 g/mol. The highest BCUT2D eigenvalue weighted by molar-refractivity contribution is 5.96. The number of esters is 1. The van der Waals surface area contributed by atoms with Crippen molar-refractivity contribution in [3.8, 4) is 0 Å². The minimum absolute atomic E-state index is 0.0358. The van der Waals surface area contributed by atoms with E-state index in [1.807, 2.05) is 68.4 Å². The number of benzene rings is 3. The molecule has 0 aliphatic rings. The summed E-state index contributed by atoms with van der Waals surface area (Å²) in [4.78, 5) is 26.8. The fourth-order valence-corrected chi connectivity index (χ4v) is 3.29. The fraction of sp³-hybridized carbons (Fsp3) is 0.259. The zero-order chi connectivity index (χ0) is 24.3. The number of hydrogen-bond donors (Lipinski definition) is 1. The van der Waals surface area contributed by atoms with Crippen LogP contribution < -0.4 is 10.2 Å². The van der Waals surface area contributed by atoms with Gasteiger partial charge in [0.25, 0.3) is 5.91 Å². The molecule has 0 saturated heterocycles. The van der Waals surface area contributed by atoms with Gasteiger partial charge in [0, 0.05) is 25.8 Å². The summed E-state index contributed by atoms with van der Waals surface area (Å²) >= 11 is 0. The SMILES string of the molecule is C[C@H](CCc1ccccc1)NC(=O)COC(=O)c1ccccc1N=Nc1ccc(N(C)C)cc1. The van der Waals surface area contributed by atoms with Crippen LogP contribution in [0.1, 0.15) is 29.3 Å². The largest absolute Gasteiger partial charge is 0.452 e. The first-order valence-electron chi connectivity index (χ1n) is 11.2. The van der Waals surface area contributed by atoms with Gasteiger partial charge in [-0.3, -0.25) is 4.79 Å². The van der Waals surface area contributed by atoms with E-state index in [2.05, 4.69) is 27.7 Å². The second kappa shape index (κ2) is 12.3. The molecule has 0 aliphatic carbocycles. The Bertz CT molecular complexity index is 1110. The van der Waals surface area contributed by atoms with Crippen LogP contribution in [0.2, 0.25) is 0 Å². The van der Waals surface area contributed by atoms with Crippen molar-refractivity contribution in [3.63, 3.8) is 0 Å². The van der Waals surface area contributed by atoms with Gasteiger partial charge in [-0.05, 0) is 61.7 Å². The summed E-state index contributed by atoms with van der Waals surface area (Å²) in [6.45, 7) is 1.58. The molecule has 0 spiro atoms. The molecule has 0 fully saturated rings. The first kappa shape index (κ1) is 24.6. The summed E-state index contributed by atoms with van der Waals surface area (Å²) in [7, 11) is 3.92. The molecule has 3 rings (SSSR count). The molecule has 34 heavy (non-hydrogen) atoms. The summed E-state index contributed by atoms with van der Waals surface area (Å²) in [5, 5.41) is 11.3. The molecule has 0 heterocycles. The Labute approximate surface area is 200 Å². The normalized spacial score (nSPS) is 11.7. The van der Waals surface area contributed by atoms with E-state index in [1.54, 1.807) is 24.3 Å². The van der Waals surface area contributed by atoms with Crippen LogP contribution in [0.5, 0.6) is 0 Å². The number of carbonyl (C=O) groups excluding carboxylic acids is 2.